The SMILES string of the molecule is CC(Cl)C(=O)O[C@@H]1[C@H](C)C[C@H]2[C@@H]3CCC4=C(F)C(=O)C=C[C@]4(C)[C@H]3[C@@H](O)C[C@]12C. The zero-order valence-corrected chi connectivity index (χ0v) is 18.2. The maximum absolute atomic E-state index is 14.7. The Morgan fingerprint density at radius 3 is 2.76 bits per heavy atom. The molecule has 0 amide bonds. The molecule has 0 bridgehead atoms. The summed E-state index contributed by atoms with van der Waals surface area (Å²) in [6.45, 7) is 7.78. The summed E-state index contributed by atoms with van der Waals surface area (Å²) in [7, 11) is 0. The van der Waals surface area contributed by atoms with Crippen molar-refractivity contribution in [3.05, 3.63) is 23.6 Å². The van der Waals surface area contributed by atoms with Gasteiger partial charge in [0.25, 0.3) is 0 Å². The van der Waals surface area contributed by atoms with Gasteiger partial charge in [0.15, 0.2) is 5.83 Å². The van der Waals surface area contributed by atoms with Gasteiger partial charge in [0.05, 0.1) is 6.10 Å². The second-order valence-electron chi connectivity index (χ2n) is 10.1. The van der Waals surface area contributed by atoms with Crippen LogP contribution < -0.4 is 0 Å². The van der Waals surface area contributed by atoms with E-state index in [0.717, 1.165) is 12.8 Å². The predicted molar refractivity (Wildman–Crippen MR) is 108 cm³/mol. The summed E-state index contributed by atoms with van der Waals surface area (Å²) in [5.74, 6) is -1.16. The van der Waals surface area contributed by atoms with Gasteiger partial charge < -0.3 is 9.84 Å². The number of hydrogen-bond donors (Lipinski definition) is 1. The lowest BCUT2D eigenvalue weighted by atomic mass is 9.47. The number of halogens is 2. The topological polar surface area (TPSA) is 63.6 Å². The van der Waals surface area contributed by atoms with Gasteiger partial charge in [-0.1, -0.05) is 26.8 Å². The molecule has 3 fully saturated rings. The van der Waals surface area contributed by atoms with Crippen molar-refractivity contribution in [2.75, 3.05) is 0 Å². The van der Waals surface area contributed by atoms with Gasteiger partial charge in [-0.3, -0.25) is 9.59 Å². The number of aliphatic hydroxyl groups is 1. The first-order valence-electron chi connectivity index (χ1n) is 10.7. The summed E-state index contributed by atoms with van der Waals surface area (Å²) < 4.78 is 20.5. The number of ether oxygens (including phenoxy) is 1. The van der Waals surface area contributed by atoms with Crippen LogP contribution in [0.5, 0.6) is 0 Å². The van der Waals surface area contributed by atoms with E-state index in [0.29, 0.717) is 18.4 Å². The maximum Gasteiger partial charge on any atom is 0.324 e. The van der Waals surface area contributed by atoms with E-state index in [1.807, 2.05) is 13.0 Å². The van der Waals surface area contributed by atoms with Gasteiger partial charge in [0, 0.05) is 16.7 Å². The summed E-state index contributed by atoms with van der Waals surface area (Å²) in [5, 5.41) is 10.6. The molecular formula is C23H30ClFO4. The zero-order valence-electron chi connectivity index (χ0n) is 17.5. The quantitative estimate of drug-likeness (QED) is 0.528. The van der Waals surface area contributed by atoms with Gasteiger partial charge in [0.2, 0.25) is 5.78 Å². The van der Waals surface area contributed by atoms with E-state index >= 15 is 0 Å². The third kappa shape index (κ3) is 2.95. The Kier molecular flexibility index (Phi) is 5.02. The van der Waals surface area contributed by atoms with Crippen molar-refractivity contribution in [2.24, 2.45) is 34.5 Å². The number of fused-ring (bicyclic) bond motifs is 5. The summed E-state index contributed by atoms with van der Waals surface area (Å²) in [4.78, 5) is 24.1. The molecule has 0 spiro atoms. The number of allylic oxidation sites excluding steroid dienone is 4. The molecule has 0 heterocycles. The molecule has 0 aromatic rings. The molecule has 1 N–H and O–H groups in total. The highest BCUT2D eigenvalue weighted by Crippen LogP contribution is 2.66. The molecule has 0 aliphatic heterocycles. The average molecular weight is 425 g/mol. The molecule has 4 aliphatic carbocycles. The zero-order chi connectivity index (χ0) is 21.3. The fourth-order valence-corrected chi connectivity index (χ4v) is 7.26. The maximum atomic E-state index is 14.7. The van der Waals surface area contributed by atoms with Crippen molar-refractivity contribution in [1.82, 2.24) is 0 Å². The molecule has 0 saturated heterocycles. The van der Waals surface area contributed by atoms with Gasteiger partial charge in [-0.05, 0) is 62.0 Å². The largest absolute Gasteiger partial charge is 0.460 e. The summed E-state index contributed by atoms with van der Waals surface area (Å²) >= 11 is 5.93. The fourth-order valence-electron chi connectivity index (χ4n) is 7.20. The normalized spacial score (nSPS) is 47.3. The second-order valence-corrected chi connectivity index (χ2v) is 10.7. The smallest absolute Gasteiger partial charge is 0.324 e. The van der Waals surface area contributed by atoms with E-state index in [9.17, 15) is 19.1 Å². The molecular weight excluding hydrogens is 395 g/mol. The minimum Gasteiger partial charge on any atom is -0.460 e. The lowest BCUT2D eigenvalue weighted by Gasteiger charge is -2.58. The van der Waals surface area contributed by atoms with Gasteiger partial charge in [-0.2, -0.15) is 0 Å². The highest BCUT2D eigenvalue weighted by Gasteiger charge is 2.64. The lowest BCUT2D eigenvalue weighted by molar-refractivity contribution is -0.169. The Hall–Kier alpha value is -1.20. The van der Waals surface area contributed by atoms with E-state index in [-0.39, 0.29) is 35.2 Å². The van der Waals surface area contributed by atoms with E-state index in [1.165, 1.54) is 6.08 Å². The Balaban J connectivity index is 1.69. The van der Waals surface area contributed by atoms with Crippen molar-refractivity contribution in [1.29, 1.82) is 0 Å². The molecule has 6 heteroatoms. The van der Waals surface area contributed by atoms with Crippen molar-refractivity contribution in [3.63, 3.8) is 0 Å². The Bertz CT molecular complexity index is 805. The third-order valence-corrected chi connectivity index (χ3v) is 8.56. The van der Waals surface area contributed by atoms with Crippen LogP contribution in [-0.2, 0) is 14.3 Å². The summed E-state index contributed by atoms with van der Waals surface area (Å²) in [6, 6.07) is 0. The van der Waals surface area contributed by atoms with Crippen LogP contribution >= 0.6 is 11.6 Å². The van der Waals surface area contributed by atoms with E-state index in [2.05, 4.69) is 13.8 Å². The Labute approximate surface area is 176 Å². The van der Waals surface area contributed by atoms with Crippen molar-refractivity contribution < 1.29 is 23.8 Å². The number of rotatable bonds is 2. The van der Waals surface area contributed by atoms with Gasteiger partial charge in [-0.25, -0.2) is 4.39 Å². The summed E-state index contributed by atoms with van der Waals surface area (Å²) in [6.07, 6.45) is 4.84. The van der Waals surface area contributed by atoms with Crippen LogP contribution in [-0.4, -0.2) is 34.4 Å². The van der Waals surface area contributed by atoms with Crippen LogP contribution in [0.1, 0.15) is 53.4 Å². The number of carbonyl (C=O) groups excluding carboxylic acids is 2. The monoisotopic (exact) mass is 424 g/mol. The number of esters is 1. The molecule has 4 rings (SSSR count). The van der Waals surface area contributed by atoms with Gasteiger partial charge in [-0.15, -0.1) is 11.6 Å². The highest BCUT2D eigenvalue weighted by atomic mass is 35.5. The Morgan fingerprint density at radius 2 is 2.10 bits per heavy atom. The number of carbonyl (C=O) groups is 2. The van der Waals surface area contributed by atoms with Gasteiger partial charge in [0.1, 0.15) is 11.5 Å². The van der Waals surface area contributed by atoms with Crippen LogP contribution in [0.4, 0.5) is 4.39 Å². The fraction of sp³-hybridized carbons (Fsp3) is 0.739. The minimum absolute atomic E-state index is 0.145. The molecule has 0 radical (unpaired) electrons. The Morgan fingerprint density at radius 1 is 1.41 bits per heavy atom. The molecule has 0 aromatic heterocycles. The number of hydrogen-bond acceptors (Lipinski definition) is 4. The standard InChI is InChI=1S/C23H30ClFO4/c1-11-9-15-13-5-6-14-19(25)16(26)7-8-22(14,3)18(13)17(27)10-23(15,4)20(11)29-21(28)12(2)24/h7-8,11-13,15,17-18,20,27H,5-6,9-10H2,1-4H3/t11-,12?,13+,15+,17+,18-,20-,22+,23+/m1/s1. The van der Waals surface area contributed by atoms with Crippen molar-refractivity contribution in [3.8, 4) is 0 Å². The minimum atomic E-state index is -0.708. The third-order valence-electron chi connectivity index (χ3n) is 8.38. The van der Waals surface area contributed by atoms with E-state index < -0.39 is 34.5 Å². The van der Waals surface area contributed by atoms with Gasteiger partial charge >= 0.3 is 5.97 Å². The first kappa shape index (κ1) is 21.0. The molecule has 4 aliphatic rings. The molecule has 29 heavy (non-hydrogen) atoms. The van der Waals surface area contributed by atoms with Crippen molar-refractivity contribution in [2.45, 2.75) is 71.0 Å². The van der Waals surface area contributed by atoms with Crippen LogP contribution in [0.2, 0.25) is 0 Å². The molecule has 0 aromatic carbocycles. The predicted octanol–water partition coefficient (Wildman–Crippen LogP) is 4.35. The van der Waals surface area contributed by atoms with Crippen LogP contribution in [0.3, 0.4) is 0 Å². The van der Waals surface area contributed by atoms with E-state index in [4.69, 9.17) is 16.3 Å². The van der Waals surface area contributed by atoms with E-state index in [1.54, 1.807) is 6.92 Å². The number of aliphatic hydroxyl groups excluding tert-OH is 1. The van der Waals surface area contributed by atoms with Crippen molar-refractivity contribution >= 4 is 23.4 Å². The average Bonchev–Trinajstić information content (AvgIpc) is 2.89. The molecule has 3 saturated carbocycles. The highest BCUT2D eigenvalue weighted by molar-refractivity contribution is 6.29. The first-order valence-corrected chi connectivity index (χ1v) is 11.1. The molecule has 9 atom stereocenters. The molecule has 160 valence electrons. The van der Waals surface area contributed by atoms with Crippen LogP contribution in [0.15, 0.2) is 23.6 Å². The van der Waals surface area contributed by atoms with Crippen LogP contribution in [0.25, 0.3) is 0 Å². The number of alkyl halides is 1. The summed E-state index contributed by atoms with van der Waals surface area (Å²) in [5.41, 5.74) is -0.449. The van der Waals surface area contributed by atoms with Crippen LogP contribution in [0, 0.1) is 34.5 Å². The lowest BCUT2D eigenvalue weighted by Crippen LogP contribution is -2.57. The molecule has 4 nitrogen and oxygen atoms in total. The first-order chi connectivity index (χ1) is 13.5. The second kappa shape index (κ2) is 6.91. The number of ketones is 1. The molecule has 1 unspecified atom stereocenters.